The summed E-state index contributed by atoms with van der Waals surface area (Å²) in [5.41, 5.74) is 2.47. The smallest absolute Gasteiger partial charge is 0.384 e. The third-order valence-electron chi connectivity index (χ3n) is 3.44. The largest absolute Gasteiger partial charge is 0.424 e. The van der Waals surface area contributed by atoms with Gasteiger partial charge < -0.3 is 4.74 Å². The third-order valence-corrected chi connectivity index (χ3v) is 3.44. The van der Waals surface area contributed by atoms with Crippen molar-refractivity contribution < 1.29 is 14.3 Å². The van der Waals surface area contributed by atoms with Crippen LogP contribution in [0.1, 0.15) is 11.1 Å². The Morgan fingerprint density at radius 3 is 1.81 bits per heavy atom. The highest BCUT2D eigenvalue weighted by atomic mass is 16.5. The van der Waals surface area contributed by atoms with Gasteiger partial charge in [0.2, 0.25) is 0 Å². The van der Waals surface area contributed by atoms with Crippen molar-refractivity contribution in [3.63, 3.8) is 0 Å². The Balaban J connectivity index is 1.89. The van der Waals surface area contributed by atoms with E-state index >= 15 is 0 Å². The van der Waals surface area contributed by atoms with Gasteiger partial charge in [-0.3, -0.25) is 4.79 Å². The van der Waals surface area contributed by atoms with Crippen LogP contribution in [0, 0.1) is 0 Å². The molecule has 0 saturated carbocycles. The first-order chi connectivity index (χ1) is 10.2. The van der Waals surface area contributed by atoms with E-state index in [-0.39, 0.29) is 0 Å². The number of ether oxygens (including phenoxy) is 1. The van der Waals surface area contributed by atoms with E-state index < -0.39 is 11.8 Å². The van der Waals surface area contributed by atoms with Crippen molar-refractivity contribution in [2.45, 2.75) is 12.8 Å². The second kappa shape index (κ2) is 5.75. The fourth-order valence-electron chi connectivity index (χ4n) is 2.37. The number of benzene rings is 2. The normalized spacial score (nSPS) is 14.5. The molecule has 2 aromatic rings. The highest BCUT2D eigenvalue weighted by Crippen LogP contribution is 2.24. The lowest BCUT2D eigenvalue weighted by atomic mass is 9.99. The Kier molecular flexibility index (Phi) is 3.65. The lowest BCUT2D eigenvalue weighted by molar-refractivity contribution is -0.146. The summed E-state index contributed by atoms with van der Waals surface area (Å²) in [6.07, 6.45) is 0.883. The Morgan fingerprint density at radius 2 is 1.24 bits per heavy atom. The predicted octanol–water partition coefficient (Wildman–Crippen LogP) is 2.85. The van der Waals surface area contributed by atoms with Crippen molar-refractivity contribution in [3.8, 4) is 0 Å². The van der Waals surface area contributed by atoms with Gasteiger partial charge in [0.25, 0.3) is 5.78 Å². The zero-order chi connectivity index (χ0) is 14.7. The molecule has 0 spiro atoms. The maximum absolute atomic E-state index is 12.0. The minimum Gasteiger partial charge on any atom is -0.424 e. The number of ketones is 1. The molecule has 21 heavy (non-hydrogen) atoms. The molecule has 0 amide bonds. The van der Waals surface area contributed by atoms with Gasteiger partial charge in [-0.05, 0) is 11.1 Å². The van der Waals surface area contributed by atoms with E-state index in [1.54, 1.807) is 0 Å². The number of carbonyl (C=O) groups is 2. The number of esters is 1. The molecule has 0 bridgehead atoms. The second-order valence-corrected chi connectivity index (χ2v) is 4.95. The summed E-state index contributed by atoms with van der Waals surface area (Å²) < 4.78 is 5.15. The van der Waals surface area contributed by atoms with Gasteiger partial charge in [-0.15, -0.1) is 0 Å². The number of cyclic esters (lactones) is 1. The monoisotopic (exact) mass is 278 g/mol. The Labute approximate surface area is 122 Å². The first-order valence-electron chi connectivity index (χ1n) is 6.80. The number of hydrogen-bond acceptors (Lipinski definition) is 3. The highest BCUT2D eigenvalue weighted by Gasteiger charge is 2.33. The zero-order valence-corrected chi connectivity index (χ0v) is 11.4. The zero-order valence-electron chi connectivity index (χ0n) is 11.4. The van der Waals surface area contributed by atoms with E-state index in [1.165, 1.54) is 0 Å². The molecule has 1 heterocycles. The van der Waals surface area contributed by atoms with Gasteiger partial charge in [-0.2, -0.15) is 0 Å². The molecule has 0 aliphatic carbocycles. The molecule has 0 aromatic heterocycles. The van der Waals surface area contributed by atoms with Crippen LogP contribution in [0.25, 0.3) is 0 Å². The lowest BCUT2D eigenvalue weighted by Crippen LogP contribution is -2.10. The van der Waals surface area contributed by atoms with Crippen molar-refractivity contribution in [1.29, 1.82) is 0 Å². The van der Waals surface area contributed by atoms with Crippen molar-refractivity contribution >= 4 is 11.8 Å². The average Bonchev–Trinajstić information content (AvgIpc) is 2.77. The first-order valence-corrected chi connectivity index (χ1v) is 6.80. The fourth-order valence-corrected chi connectivity index (χ4v) is 2.37. The Hall–Kier alpha value is -2.68. The molecule has 3 rings (SSSR count). The summed E-state index contributed by atoms with van der Waals surface area (Å²) in [7, 11) is 0. The number of Topliss-reactive ketones (excluding diaryl/α,β-unsaturated/α-hetero) is 1. The van der Waals surface area contributed by atoms with Crippen LogP contribution in [0.2, 0.25) is 0 Å². The van der Waals surface area contributed by atoms with Gasteiger partial charge in [0, 0.05) is 12.8 Å². The van der Waals surface area contributed by atoms with Crippen molar-refractivity contribution in [2.75, 3.05) is 0 Å². The molecule has 104 valence electrons. The van der Waals surface area contributed by atoms with Gasteiger partial charge in [-0.25, -0.2) is 4.79 Å². The molecule has 2 aromatic carbocycles. The third kappa shape index (κ3) is 2.92. The first kappa shape index (κ1) is 13.3. The molecule has 3 heteroatoms. The number of hydrogen-bond donors (Lipinski definition) is 0. The van der Waals surface area contributed by atoms with Crippen LogP contribution in [-0.2, 0) is 27.2 Å². The number of rotatable bonds is 4. The molecule has 0 unspecified atom stereocenters. The summed E-state index contributed by atoms with van der Waals surface area (Å²) in [4.78, 5) is 23.5. The van der Waals surface area contributed by atoms with Crippen LogP contribution in [0.5, 0.6) is 0 Å². The van der Waals surface area contributed by atoms with Gasteiger partial charge in [0.1, 0.15) is 5.76 Å². The maximum atomic E-state index is 12.0. The molecule has 0 radical (unpaired) electrons. The summed E-state index contributed by atoms with van der Waals surface area (Å²) in [6, 6.07) is 19.3. The van der Waals surface area contributed by atoms with Crippen LogP contribution >= 0.6 is 0 Å². The van der Waals surface area contributed by atoms with Crippen LogP contribution in [-0.4, -0.2) is 11.8 Å². The SMILES string of the molecule is O=C1OC(Cc2ccccc2)=C(Cc2ccccc2)C1=O. The maximum Gasteiger partial charge on any atom is 0.384 e. The standard InChI is InChI=1S/C18H14O3/c19-17-15(11-13-7-3-1-4-8-13)16(21-18(17)20)12-14-9-5-2-6-10-14/h1-10H,11-12H2. The fraction of sp³-hybridized carbons (Fsp3) is 0.111. The average molecular weight is 278 g/mol. The number of allylic oxidation sites excluding steroid dienone is 1. The summed E-state index contributed by atoms with van der Waals surface area (Å²) in [5.74, 6) is -0.823. The van der Waals surface area contributed by atoms with E-state index in [0.717, 1.165) is 11.1 Å². The van der Waals surface area contributed by atoms with Crippen molar-refractivity contribution in [3.05, 3.63) is 83.1 Å². The van der Waals surface area contributed by atoms with Crippen molar-refractivity contribution in [1.82, 2.24) is 0 Å². The molecular formula is C18H14O3. The van der Waals surface area contributed by atoms with Crippen LogP contribution in [0.4, 0.5) is 0 Å². The minimum atomic E-state index is -0.771. The van der Waals surface area contributed by atoms with Gasteiger partial charge in [-0.1, -0.05) is 60.7 Å². The van der Waals surface area contributed by atoms with Crippen molar-refractivity contribution in [2.24, 2.45) is 0 Å². The molecule has 0 N–H and O–H groups in total. The lowest BCUT2D eigenvalue weighted by Gasteiger charge is -2.05. The predicted molar refractivity (Wildman–Crippen MR) is 78.4 cm³/mol. The quantitative estimate of drug-likeness (QED) is 0.638. The van der Waals surface area contributed by atoms with E-state index in [9.17, 15) is 9.59 Å². The second-order valence-electron chi connectivity index (χ2n) is 4.95. The molecule has 1 aliphatic heterocycles. The van der Waals surface area contributed by atoms with Crippen LogP contribution in [0.15, 0.2) is 72.0 Å². The van der Waals surface area contributed by atoms with Crippen LogP contribution < -0.4 is 0 Å². The minimum absolute atomic E-state index is 0.424. The molecule has 3 nitrogen and oxygen atoms in total. The topological polar surface area (TPSA) is 43.4 Å². The molecule has 0 atom stereocenters. The molecule has 0 fully saturated rings. The Bertz CT molecular complexity index is 700. The van der Waals surface area contributed by atoms with Gasteiger partial charge >= 0.3 is 5.97 Å². The highest BCUT2D eigenvalue weighted by molar-refractivity contribution is 6.42. The van der Waals surface area contributed by atoms with E-state index in [2.05, 4.69) is 0 Å². The summed E-state index contributed by atoms with van der Waals surface area (Å²) >= 11 is 0. The van der Waals surface area contributed by atoms with E-state index in [1.807, 2.05) is 60.7 Å². The molecule has 0 saturated heterocycles. The Morgan fingerprint density at radius 1 is 0.714 bits per heavy atom. The molecule has 1 aliphatic rings. The summed E-state index contributed by atoms with van der Waals surface area (Å²) in [6.45, 7) is 0. The van der Waals surface area contributed by atoms with E-state index in [0.29, 0.717) is 24.2 Å². The number of carbonyl (C=O) groups excluding carboxylic acids is 2. The van der Waals surface area contributed by atoms with Gasteiger partial charge in [0.15, 0.2) is 0 Å². The van der Waals surface area contributed by atoms with E-state index in [4.69, 9.17) is 4.74 Å². The summed E-state index contributed by atoms with van der Waals surface area (Å²) in [5, 5.41) is 0. The van der Waals surface area contributed by atoms with Crippen LogP contribution in [0.3, 0.4) is 0 Å². The van der Waals surface area contributed by atoms with Gasteiger partial charge in [0.05, 0.1) is 5.57 Å². The molecular weight excluding hydrogens is 264 g/mol.